The molecule has 3 nitrogen and oxygen atoms in total. The highest BCUT2D eigenvalue weighted by Crippen LogP contribution is 2.11. The number of carbonyl (C=O) groups excluding carboxylic acids is 1. The lowest BCUT2D eigenvalue weighted by atomic mass is 10.2. The maximum Gasteiger partial charge on any atom is 0.321 e. The van der Waals surface area contributed by atoms with Gasteiger partial charge in [0.1, 0.15) is 5.82 Å². The zero-order valence-corrected chi connectivity index (χ0v) is 14.9. The van der Waals surface area contributed by atoms with Crippen LogP contribution in [-0.4, -0.2) is 10.9 Å². The first-order valence-corrected chi connectivity index (χ1v) is 8.76. The first-order chi connectivity index (χ1) is 13.2. The van der Waals surface area contributed by atoms with Crippen molar-refractivity contribution in [2.75, 3.05) is 0 Å². The van der Waals surface area contributed by atoms with Gasteiger partial charge in [-0.1, -0.05) is 72.8 Å². The summed E-state index contributed by atoms with van der Waals surface area (Å²) in [7, 11) is 0. The number of benzene rings is 3. The molecule has 0 aliphatic heterocycles. The molecule has 3 rings (SSSR count). The third kappa shape index (κ3) is 5.82. The molecule has 27 heavy (non-hydrogen) atoms. The predicted molar refractivity (Wildman–Crippen MR) is 106 cm³/mol. The van der Waals surface area contributed by atoms with Crippen molar-refractivity contribution in [3.8, 4) is 0 Å². The average molecular weight is 360 g/mol. The second kappa shape index (κ2) is 9.34. The van der Waals surface area contributed by atoms with Gasteiger partial charge in [-0.05, 0) is 34.9 Å². The lowest BCUT2D eigenvalue weighted by molar-refractivity contribution is 0.196. The second-order valence-electron chi connectivity index (χ2n) is 6.16. The zero-order chi connectivity index (χ0) is 18.9. The van der Waals surface area contributed by atoms with Crippen LogP contribution in [0.3, 0.4) is 0 Å². The Hall–Kier alpha value is -3.40. The molecule has 2 amide bonds. The van der Waals surface area contributed by atoms with Gasteiger partial charge in [0.25, 0.3) is 0 Å². The number of urea groups is 1. The highest BCUT2D eigenvalue weighted by molar-refractivity contribution is 5.76. The summed E-state index contributed by atoms with van der Waals surface area (Å²) in [4.78, 5) is 14.4. The molecular weight excluding hydrogens is 339 g/mol. The van der Waals surface area contributed by atoms with Crippen molar-refractivity contribution in [3.05, 3.63) is 114 Å². The highest BCUT2D eigenvalue weighted by Gasteiger charge is 2.13. The summed E-state index contributed by atoms with van der Waals surface area (Å²) in [6, 6.07) is 25.6. The monoisotopic (exact) mass is 360 g/mol. The number of rotatable bonds is 6. The van der Waals surface area contributed by atoms with Crippen LogP contribution < -0.4 is 5.32 Å². The SMILES string of the molecule is O=C(N/C=C/c1ccc(F)cc1)N(Cc1ccccc1)Cc1ccccc1. The van der Waals surface area contributed by atoms with Crippen LogP contribution in [0.25, 0.3) is 6.08 Å². The maximum absolute atomic E-state index is 13.0. The van der Waals surface area contributed by atoms with E-state index in [1.165, 1.54) is 12.1 Å². The Kier molecular flexibility index (Phi) is 6.36. The number of nitrogens with zero attached hydrogens (tertiary/aromatic N) is 1. The van der Waals surface area contributed by atoms with E-state index in [0.717, 1.165) is 16.7 Å². The molecule has 0 unspecified atom stereocenters. The lowest BCUT2D eigenvalue weighted by Gasteiger charge is -2.22. The van der Waals surface area contributed by atoms with Gasteiger partial charge in [-0.25, -0.2) is 9.18 Å². The summed E-state index contributed by atoms with van der Waals surface area (Å²) in [5.74, 6) is -0.284. The van der Waals surface area contributed by atoms with Crippen molar-refractivity contribution in [1.29, 1.82) is 0 Å². The van der Waals surface area contributed by atoms with Gasteiger partial charge in [-0.15, -0.1) is 0 Å². The zero-order valence-electron chi connectivity index (χ0n) is 14.9. The number of halogens is 1. The summed E-state index contributed by atoms with van der Waals surface area (Å²) in [6.45, 7) is 1.01. The van der Waals surface area contributed by atoms with Crippen molar-refractivity contribution in [1.82, 2.24) is 10.2 Å². The van der Waals surface area contributed by atoms with Crippen molar-refractivity contribution in [2.24, 2.45) is 0 Å². The summed E-state index contributed by atoms with van der Waals surface area (Å²) in [5, 5.41) is 2.80. The molecule has 3 aromatic carbocycles. The molecule has 0 saturated heterocycles. The molecule has 0 saturated carbocycles. The van der Waals surface area contributed by atoms with Gasteiger partial charge < -0.3 is 10.2 Å². The van der Waals surface area contributed by atoms with Crippen LogP contribution in [0, 0.1) is 5.82 Å². The fraction of sp³-hybridized carbons (Fsp3) is 0.0870. The third-order valence-electron chi connectivity index (χ3n) is 4.07. The third-order valence-corrected chi connectivity index (χ3v) is 4.07. The van der Waals surface area contributed by atoms with Crippen molar-refractivity contribution in [3.63, 3.8) is 0 Å². The summed E-state index contributed by atoms with van der Waals surface area (Å²) >= 11 is 0. The van der Waals surface area contributed by atoms with Crippen LogP contribution in [0.4, 0.5) is 9.18 Å². The van der Waals surface area contributed by atoms with Crippen LogP contribution in [-0.2, 0) is 13.1 Å². The number of amides is 2. The Morgan fingerprint density at radius 1 is 0.815 bits per heavy atom. The van der Waals surface area contributed by atoms with Crippen LogP contribution >= 0.6 is 0 Å². The highest BCUT2D eigenvalue weighted by atomic mass is 19.1. The van der Waals surface area contributed by atoms with Gasteiger partial charge in [0.05, 0.1) is 0 Å². The maximum atomic E-state index is 13.0. The molecular formula is C23H21FN2O. The topological polar surface area (TPSA) is 32.3 Å². The molecule has 136 valence electrons. The summed E-state index contributed by atoms with van der Waals surface area (Å²) in [6.07, 6.45) is 3.32. The van der Waals surface area contributed by atoms with Crippen LogP contribution in [0.15, 0.2) is 91.1 Å². The minimum absolute atomic E-state index is 0.193. The predicted octanol–water partition coefficient (Wildman–Crippen LogP) is 5.21. The van der Waals surface area contributed by atoms with E-state index in [4.69, 9.17) is 0 Å². The van der Waals surface area contributed by atoms with E-state index < -0.39 is 0 Å². The standard InChI is InChI=1S/C23H21FN2O/c24-22-13-11-19(12-14-22)15-16-25-23(27)26(17-20-7-3-1-4-8-20)18-21-9-5-2-6-10-21/h1-16H,17-18H2,(H,25,27)/b16-15+. The molecule has 0 heterocycles. The Labute approximate surface area is 158 Å². The van der Waals surface area contributed by atoms with E-state index in [0.29, 0.717) is 13.1 Å². The molecule has 3 aromatic rings. The van der Waals surface area contributed by atoms with Gasteiger partial charge in [0.15, 0.2) is 0 Å². The number of nitrogens with one attached hydrogen (secondary N) is 1. The Bertz CT molecular complexity index is 836. The quantitative estimate of drug-likeness (QED) is 0.643. The number of hydrogen-bond acceptors (Lipinski definition) is 1. The van der Waals surface area contributed by atoms with Crippen LogP contribution in [0.2, 0.25) is 0 Å². The van der Waals surface area contributed by atoms with Crippen LogP contribution in [0.1, 0.15) is 16.7 Å². The minimum atomic E-state index is -0.284. The van der Waals surface area contributed by atoms with Gasteiger partial charge in [0, 0.05) is 19.3 Å². The Morgan fingerprint density at radius 2 is 1.33 bits per heavy atom. The largest absolute Gasteiger partial charge is 0.321 e. The van der Waals surface area contributed by atoms with Gasteiger partial charge >= 0.3 is 6.03 Å². The molecule has 0 aromatic heterocycles. The smallest absolute Gasteiger partial charge is 0.316 e. The van der Waals surface area contributed by atoms with E-state index >= 15 is 0 Å². The second-order valence-corrected chi connectivity index (χ2v) is 6.16. The van der Waals surface area contributed by atoms with Crippen LogP contribution in [0.5, 0.6) is 0 Å². The van der Waals surface area contributed by atoms with Gasteiger partial charge in [-0.3, -0.25) is 0 Å². The molecule has 0 atom stereocenters. The normalized spacial score (nSPS) is 10.7. The first kappa shape index (κ1) is 18.4. The molecule has 1 N–H and O–H groups in total. The van der Waals surface area contributed by atoms with Crippen molar-refractivity contribution >= 4 is 12.1 Å². The lowest BCUT2D eigenvalue weighted by Crippen LogP contribution is -2.36. The average Bonchev–Trinajstić information content (AvgIpc) is 2.70. The van der Waals surface area contributed by atoms with E-state index in [-0.39, 0.29) is 11.8 Å². The Balaban J connectivity index is 1.68. The first-order valence-electron chi connectivity index (χ1n) is 8.76. The summed E-state index contributed by atoms with van der Waals surface area (Å²) < 4.78 is 13.0. The molecule has 0 radical (unpaired) electrons. The molecule has 0 aliphatic carbocycles. The fourth-order valence-electron chi connectivity index (χ4n) is 2.68. The summed E-state index contributed by atoms with van der Waals surface area (Å²) in [5.41, 5.74) is 2.94. The molecule has 0 spiro atoms. The van der Waals surface area contributed by atoms with Crippen molar-refractivity contribution < 1.29 is 9.18 Å². The van der Waals surface area contributed by atoms with Gasteiger partial charge in [0.2, 0.25) is 0 Å². The van der Waals surface area contributed by atoms with E-state index in [9.17, 15) is 9.18 Å². The van der Waals surface area contributed by atoms with E-state index in [2.05, 4.69) is 5.32 Å². The molecule has 0 fully saturated rings. The number of hydrogen-bond donors (Lipinski definition) is 1. The number of carbonyl (C=O) groups is 1. The van der Waals surface area contributed by atoms with E-state index in [1.54, 1.807) is 29.3 Å². The molecule has 0 aliphatic rings. The fourth-order valence-corrected chi connectivity index (χ4v) is 2.68. The molecule has 0 bridgehead atoms. The molecule has 4 heteroatoms. The van der Waals surface area contributed by atoms with Gasteiger partial charge in [-0.2, -0.15) is 0 Å². The Morgan fingerprint density at radius 3 is 1.85 bits per heavy atom. The van der Waals surface area contributed by atoms with E-state index in [1.807, 2.05) is 60.7 Å². The minimum Gasteiger partial charge on any atom is -0.316 e. The van der Waals surface area contributed by atoms with Crippen molar-refractivity contribution in [2.45, 2.75) is 13.1 Å².